The Bertz CT molecular complexity index is 204. The van der Waals surface area contributed by atoms with Crippen molar-refractivity contribution >= 4 is 0 Å². The van der Waals surface area contributed by atoms with Gasteiger partial charge in [0, 0.05) is 6.42 Å². The van der Waals surface area contributed by atoms with E-state index in [0.717, 1.165) is 37.6 Å². The Labute approximate surface area is 80.3 Å². The first-order valence-electron chi connectivity index (χ1n) is 5.02. The van der Waals surface area contributed by atoms with Crippen LogP contribution in [-0.2, 0) is 6.42 Å². The molecule has 13 heavy (non-hydrogen) atoms. The van der Waals surface area contributed by atoms with Gasteiger partial charge in [0.15, 0.2) is 0 Å². The first-order chi connectivity index (χ1) is 6.29. The molecule has 2 heteroatoms. The monoisotopic (exact) mass is 181 g/mol. The Morgan fingerprint density at radius 1 is 1.46 bits per heavy atom. The van der Waals surface area contributed by atoms with Crippen LogP contribution in [-0.4, -0.2) is 13.1 Å². The smallest absolute Gasteiger partial charge is 0.103 e. The van der Waals surface area contributed by atoms with Crippen LogP contribution < -0.4 is 5.32 Å². The van der Waals surface area contributed by atoms with Crippen molar-refractivity contribution in [2.75, 3.05) is 13.1 Å². The zero-order valence-electron chi connectivity index (χ0n) is 8.55. The molecule has 0 atom stereocenters. The van der Waals surface area contributed by atoms with Gasteiger partial charge in [-0.3, -0.25) is 0 Å². The van der Waals surface area contributed by atoms with Crippen molar-refractivity contribution in [2.45, 2.75) is 26.7 Å². The van der Waals surface area contributed by atoms with Crippen molar-refractivity contribution in [3.05, 3.63) is 24.2 Å². The van der Waals surface area contributed by atoms with E-state index in [0.29, 0.717) is 0 Å². The number of nitrogens with one attached hydrogen (secondary N) is 1. The van der Waals surface area contributed by atoms with Crippen molar-refractivity contribution in [3.63, 3.8) is 0 Å². The minimum absolute atomic E-state index is 0.739. The van der Waals surface area contributed by atoms with Gasteiger partial charge in [-0.2, -0.15) is 0 Å². The minimum Gasteiger partial charge on any atom is -0.469 e. The molecule has 0 spiro atoms. The molecule has 0 amide bonds. The Kier molecular flexibility index (Phi) is 4.61. The Hall–Kier alpha value is -0.760. The summed E-state index contributed by atoms with van der Waals surface area (Å²) in [6.45, 7) is 6.64. The number of hydrogen-bond donors (Lipinski definition) is 1. The van der Waals surface area contributed by atoms with Crippen LogP contribution >= 0.6 is 0 Å². The van der Waals surface area contributed by atoms with Crippen molar-refractivity contribution in [3.8, 4) is 0 Å². The molecule has 0 unspecified atom stereocenters. The third kappa shape index (κ3) is 4.73. The molecule has 2 nitrogen and oxygen atoms in total. The van der Waals surface area contributed by atoms with Crippen LogP contribution in [0.3, 0.4) is 0 Å². The van der Waals surface area contributed by atoms with E-state index in [2.05, 4.69) is 19.2 Å². The second kappa shape index (κ2) is 5.81. The summed E-state index contributed by atoms with van der Waals surface area (Å²) >= 11 is 0. The topological polar surface area (TPSA) is 25.2 Å². The number of rotatable bonds is 6. The van der Waals surface area contributed by atoms with Crippen LogP contribution in [0.4, 0.5) is 0 Å². The fraction of sp³-hybridized carbons (Fsp3) is 0.636. The Balaban J connectivity index is 1.96. The van der Waals surface area contributed by atoms with Crippen molar-refractivity contribution in [2.24, 2.45) is 5.92 Å². The molecule has 1 N–H and O–H groups in total. The number of aryl methyl sites for hydroxylation is 1. The predicted octanol–water partition coefficient (Wildman–Crippen LogP) is 2.46. The molecule has 0 bridgehead atoms. The maximum atomic E-state index is 5.23. The molecule has 0 aromatic carbocycles. The summed E-state index contributed by atoms with van der Waals surface area (Å²) in [5, 5.41) is 3.41. The van der Waals surface area contributed by atoms with E-state index in [4.69, 9.17) is 4.42 Å². The highest BCUT2D eigenvalue weighted by Crippen LogP contribution is 2.02. The van der Waals surface area contributed by atoms with Crippen LogP contribution in [0, 0.1) is 5.92 Å². The molecular weight excluding hydrogens is 162 g/mol. The highest BCUT2D eigenvalue weighted by Gasteiger charge is 1.95. The summed E-state index contributed by atoms with van der Waals surface area (Å²) in [6, 6.07) is 3.97. The van der Waals surface area contributed by atoms with Crippen molar-refractivity contribution in [1.82, 2.24) is 5.32 Å². The molecule has 0 aliphatic rings. The van der Waals surface area contributed by atoms with Crippen molar-refractivity contribution in [1.29, 1.82) is 0 Å². The predicted molar refractivity (Wildman–Crippen MR) is 54.7 cm³/mol. The van der Waals surface area contributed by atoms with Gasteiger partial charge in [-0.15, -0.1) is 0 Å². The maximum Gasteiger partial charge on any atom is 0.103 e. The lowest BCUT2D eigenvalue weighted by molar-refractivity contribution is 0.487. The second-order valence-corrected chi connectivity index (χ2v) is 3.78. The molecule has 1 aromatic heterocycles. The molecule has 0 aliphatic heterocycles. The van der Waals surface area contributed by atoms with E-state index in [-0.39, 0.29) is 0 Å². The van der Waals surface area contributed by atoms with Gasteiger partial charge in [0.2, 0.25) is 0 Å². The lowest BCUT2D eigenvalue weighted by Crippen LogP contribution is -2.20. The average molecular weight is 181 g/mol. The molecule has 0 radical (unpaired) electrons. The molecule has 1 rings (SSSR count). The van der Waals surface area contributed by atoms with E-state index < -0.39 is 0 Å². The minimum atomic E-state index is 0.739. The summed E-state index contributed by atoms with van der Waals surface area (Å²) in [5.41, 5.74) is 0. The van der Waals surface area contributed by atoms with Gasteiger partial charge < -0.3 is 9.73 Å². The van der Waals surface area contributed by atoms with Crippen LogP contribution in [0.25, 0.3) is 0 Å². The van der Waals surface area contributed by atoms with Crippen LogP contribution in [0.5, 0.6) is 0 Å². The summed E-state index contributed by atoms with van der Waals surface area (Å²) < 4.78 is 5.23. The fourth-order valence-electron chi connectivity index (χ4n) is 1.23. The van der Waals surface area contributed by atoms with Gasteiger partial charge in [-0.05, 0) is 37.6 Å². The number of furan rings is 1. The quantitative estimate of drug-likeness (QED) is 0.682. The third-order valence-corrected chi connectivity index (χ3v) is 1.91. The van der Waals surface area contributed by atoms with Crippen LogP contribution in [0.15, 0.2) is 22.8 Å². The lowest BCUT2D eigenvalue weighted by Gasteiger charge is -2.05. The van der Waals surface area contributed by atoms with E-state index in [1.165, 1.54) is 0 Å². The Morgan fingerprint density at radius 2 is 2.31 bits per heavy atom. The SMILES string of the molecule is CC(C)CNCCCc1ccco1. The summed E-state index contributed by atoms with van der Waals surface area (Å²) in [5.74, 6) is 1.83. The summed E-state index contributed by atoms with van der Waals surface area (Å²) in [4.78, 5) is 0. The lowest BCUT2D eigenvalue weighted by atomic mass is 10.2. The molecule has 1 aromatic rings. The molecule has 0 fully saturated rings. The normalized spacial score (nSPS) is 11.0. The zero-order chi connectivity index (χ0) is 9.52. The molecular formula is C11H19NO. The number of hydrogen-bond acceptors (Lipinski definition) is 2. The van der Waals surface area contributed by atoms with Crippen molar-refractivity contribution < 1.29 is 4.42 Å². The van der Waals surface area contributed by atoms with E-state index >= 15 is 0 Å². The average Bonchev–Trinajstić information content (AvgIpc) is 2.55. The first-order valence-corrected chi connectivity index (χ1v) is 5.02. The molecule has 0 saturated heterocycles. The standard InChI is InChI=1S/C11H19NO/c1-10(2)9-12-7-3-5-11-6-4-8-13-11/h4,6,8,10,12H,3,5,7,9H2,1-2H3. The van der Waals surface area contributed by atoms with Crippen LogP contribution in [0.2, 0.25) is 0 Å². The van der Waals surface area contributed by atoms with Gasteiger partial charge in [-0.25, -0.2) is 0 Å². The van der Waals surface area contributed by atoms with Gasteiger partial charge in [0.1, 0.15) is 5.76 Å². The highest BCUT2D eigenvalue weighted by molar-refractivity contribution is 4.97. The van der Waals surface area contributed by atoms with E-state index in [9.17, 15) is 0 Å². The second-order valence-electron chi connectivity index (χ2n) is 3.78. The van der Waals surface area contributed by atoms with E-state index in [1.54, 1.807) is 6.26 Å². The van der Waals surface area contributed by atoms with Gasteiger partial charge in [0.25, 0.3) is 0 Å². The summed E-state index contributed by atoms with van der Waals surface area (Å²) in [7, 11) is 0. The Morgan fingerprint density at radius 3 is 2.92 bits per heavy atom. The zero-order valence-corrected chi connectivity index (χ0v) is 8.55. The third-order valence-electron chi connectivity index (χ3n) is 1.91. The largest absolute Gasteiger partial charge is 0.469 e. The summed E-state index contributed by atoms with van der Waals surface area (Å²) in [6.07, 6.45) is 3.93. The fourth-order valence-corrected chi connectivity index (χ4v) is 1.23. The maximum absolute atomic E-state index is 5.23. The molecule has 0 aliphatic carbocycles. The first kappa shape index (κ1) is 10.3. The molecule has 1 heterocycles. The van der Waals surface area contributed by atoms with Crippen LogP contribution in [0.1, 0.15) is 26.0 Å². The van der Waals surface area contributed by atoms with Gasteiger partial charge in [0.05, 0.1) is 6.26 Å². The highest BCUT2D eigenvalue weighted by atomic mass is 16.3. The van der Waals surface area contributed by atoms with Gasteiger partial charge >= 0.3 is 0 Å². The van der Waals surface area contributed by atoms with E-state index in [1.807, 2.05) is 12.1 Å². The molecule has 0 saturated carbocycles. The van der Waals surface area contributed by atoms with Gasteiger partial charge in [-0.1, -0.05) is 13.8 Å². The molecule has 74 valence electrons.